The molecule has 5 rings (SSSR count). The van der Waals surface area contributed by atoms with E-state index in [2.05, 4.69) is 5.32 Å². The van der Waals surface area contributed by atoms with Crippen LogP contribution in [-0.4, -0.2) is 63.5 Å². The smallest absolute Gasteiger partial charge is 0.471 e. The van der Waals surface area contributed by atoms with Crippen molar-refractivity contribution in [3.63, 3.8) is 0 Å². The lowest BCUT2D eigenvalue weighted by Gasteiger charge is -2.41. The molecule has 3 N–H and O–H groups in total. The molecule has 0 unspecified atom stereocenters. The third-order valence-corrected chi connectivity index (χ3v) is 9.22. The van der Waals surface area contributed by atoms with Crippen LogP contribution >= 0.6 is 11.8 Å². The Bertz CT molecular complexity index is 1550. The van der Waals surface area contributed by atoms with Crippen molar-refractivity contribution in [2.45, 2.75) is 62.0 Å². The fourth-order valence-corrected chi connectivity index (χ4v) is 6.68. The monoisotopic (exact) mass is 658 g/mol. The van der Waals surface area contributed by atoms with Crippen molar-refractivity contribution in [2.24, 2.45) is 5.92 Å². The molecule has 2 heterocycles. The standard InChI is InChI=1S/C33H33F3N2O7S/c1-19-27(18-46-25-13-11-22(12-14-25)30(41)42)44-31(45-28(19)21-9-7-20(17-39)8-10-21)23-4-2-5-24(16-23)37-29(40)26-6-3-15-38(26)32(43)33(34,35)36/h2,4-5,7-14,16,19,26-28,31,39H,3,6,15,17-18H2,1H3,(H,37,40)(H,41,42)/t19-,26-,27+,28+,31+/m0/s1. The molecule has 0 saturated carbocycles. The molecule has 2 fully saturated rings. The van der Waals surface area contributed by atoms with Gasteiger partial charge in [-0.25, -0.2) is 4.79 Å². The minimum absolute atomic E-state index is 0.103. The predicted molar refractivity (Wildman–Crippen MR) is 163 cm³/mol. The van der Waals surface area contributed by atoms with E-state index in [0.29, 0.717) is 21.9 Å². The number of thioether (sulfide) groups is 1. The number of likely N-dealkylation sites (tertiary alicyclic amines) is 1. The quantitative estimate of drug-likeness (QED) is 0.241. The van der Waals surface area contributed by atoms with Crippen molar-refractivity contribution in [2.75, 3.05) is 17.6 Å². The summed E-state index contributed by atoms with van der Waals surface area (Å²) >= 11 is 1.51. The number of nitrogens with zero attached hydrogens (tertiary/aromatic N) is 1. The lowest BCUT2D eigenvalue weighted by molar-refractivity contribution is -0.268. The Morgan fingerprint density at radius 1 is 1.00 bits per heavy atom. The molecule has 5 atom stereocenters. The number of aromatic carboxylic acids is 1. The topological polar surface area (TPSA) is 125 Å². The van der Waals surface area contributed by atoms with E-state index in [4.69, 9.17) is 9.47 Å². The number of amides is 2. The molecule has 9 nitrogen and oxygen atoms in total. The highest BCUT2D eigenvalue weighted by Crippen LogP contribution is 2.43. The van der Waals surface area contributed by atoms with E-state index < -0.39 is 42.4 Å². The van der Waals surface area contributed by atoms with Crippen LogP contribution in [0.3, 0.4) is 0 Å². The number of hydrogen-bond donors (Lipinski definition) is 3. The molecule has 0 radical (unpaired) electrons. The normalized spacial score (nSPS) is 23.2. The maximum Gasteiger partial charge on any atom is 0.471 e. The van der Waals surface area contributed by atoms with E-state index in [1.807, 2.05) is 31.2 Å². The molecule has 0 aliphatic carbocycles. The van der Waals surface area contributed by atoms with Crippen molar-refractivity contribution in [1.82, 2.24) is 4.90 Å². The molecular formula is C33H33F3N2O7S. The number of rotatable bonds is 9. The molecule has 3 aromatic carbocycles. The summed E-state index contributed by atoms with van der Waals surface area (Å²) in [6, 6.07) is 19.4. The first-order chi connectivity index (χ1) is 21.9. The lowest BCUT2D eigenvalue weighted by Crippen LogP contribution is -2.48. The summed E-state index contributed by atoms with van der Waals surface area (Å²) in [7, 11) is 0. The number of aliphatic hydroxyl groups excluding tert-OH is 1. The van der Waals surface area contributed by atoms with E-state index in [0.717, 1.165) is 16.0 Å². The van der Waals surface area contributed by atoms with Gasteiger partial charge in [0.15, 0.2) is 6.29 Å². The Morgan fingerprint density at radius 3 is 2.37 bits per heavy atom. The molecule has 0 bridgehead atoms. The Hall–Kier alpha value is -3.91. The summed E-state index contributed by atoms with van der Waals surface area (Å²) in [5.74, 6) is -3.36. The fourth-order valence-electron chi connectivity index (χ4n) is 5.62. The first-order valence-electron chi connectivity index (χ1n) is 14.7. The van der Waals surface area contributed by atoms with Crippen LogP contribution in [0, 0.1) is 5.92 Å². The van der Waals surface area contributed by atoms with Crippen LogP contribution in [0.15, 0.2) is 77.7 Å². The van der Waals surface area contributed by atoms with Gasteiger partial charge in [-0.1, -0.05) is 43.3 Å². The molecule has 3 aromatic rings. The average molecular weight is 659 g/mol. The van der Waals surface area contributed by atoms with Gasteiger partial charge >= 0.3 is 18.1 Å². The van der Waals surface area contributed by atoms with Gasteiger partial charge in [-0.15, -0.1) is 11.8 Å². The van der Waals surface area contributed by atoms with Crippen LogP contribution in [0.1, 0.15) is 59.2 Å². The van der Waals surface area contributed by atoms with Gasteiger partial charge in [0.25, 0.3) is 0 Å². The van der Waals surface area contributed by atoms with Gasteiger partial charge < -0.3 is 29.9 Å². The molecule has 244 valence electrons. The summed E-state index contributed by atoms with van der Waals surface area (Å²) in [4.78, 5) is 37.6. The van der Waals surface area contributed by atoms with Gasteiger partial charge in [0.05, 0.1) is 24.4 Å². The number of hydrogen-bond acceptors (Lipinski definition) is 7. The Kier molecular flexibility index (Phi) is 10.4. The summed E-state index contributed by atoms with van der Waals surface area (Å²) in [5.41, 5.74) is 2.69. The van der Waals surface area contributed by atoms with Gasteiger partial charge in [0.2, 0.25) is 5.91 Å². The molecule has 13 heteroatoms. The van der Waals surface area contributed by atoms with E-state index in [9.17, 15) is 37.8 Å². The maximum atomic E-state index is 13.1. The summed E-state index contributed by atoms with van der Waals surface area (Å²) in [5, 5.41) is 21.4. The third kappa shape index (κ3) is 7.72. The summed E-state index contributed by atoms with van der Waals surface area (Å²) in [6.45, 7) is 1.75. The minimum atomic E-state index is -5.07. The third-order valence-electron chi connectivity index (χ3n) is 8.12. The largest absolute Gasteiger partial charge is 0.478 e. The van der Waals surface area contributed by atoms with Gasteiger partial charge in [-0.2, -0.15) is 13.2 Å². The Balaban J connectivity index is 1.35. The second-order valence-electron chi connectivity index (χ2n) is 11.2. The number of carboxylic acids is 1. The number of anilines is 1. The van der Waals surface area contributed by atoms with Crippen molar-refractivity contribution < 1.29 is 47.2 Å². The van der Waals surface area contributed by atoms with E-state index in [-0.39, 0.29) is 43.6 Å². The number of halogens is 3. The number of carbonyl (C=O) groups is 3. The number of carbonyl (C=O) groups excluding carboxylic acids is 2. The minimum Gasteiger partial charge on any atom is -0.478 e. The summed E-state index contributed by atoms with van der Waals surface area (Å²) in [6.07, 6.45) is -6.28. The van der Waals surface area contributed by atoms with Crippen molar-refractivity contribution in [3.05, 3.63) is 95.1 Å². The molecule has 0 spiro atoms. The zero-order chi connectivity index (χ0) is 33.0. The Morgan fingerprint density at radius 2 is 1.72 bits per heavy atom. The van der Waals surface area contributed by atoms with Crippen LogP contribution in [0.25, 0.3) is 0 Å². The molecule has 2 saturated heterocycles. The highest BCUT2D eigenvalue weighted by molar-refractivity contribution is 7.99. The van der Waals surface area contributed by atoms with Gasteiger partial charge in [0, 0.05) is 34.4 Å². The van der Waals surface area contributed by atoms with Crippen molar-refractivity contribution in [3.8, 4) is 0 Å². The number of aliphatic hydroxyl groups is 1. The van der Waals surface area contributed by atoms with Crippen LogP contribution in [0.5, 0.6) is 0 Å². The molecular weight excluding hydrogens is 625 g/mol. The molecule has 0 aromatic heterocycles. The number of alkyl halides is 3. The van der Waals surface area contributed by atoms with E-state index in [1.165, 1.54) is 23.9 Å². The van der Waals surface area contributed by atoms with Gasteiger partial charge in [-0.3, -0.25) is 9.59 Å². The maximum absolute atomic E-state index is 13.1. The van der Waals surface area contributed by atoms with Crippen LogP contribution in [0.4, 0.5) is 18.9 Å². The van der Waals surface area contributed by atoms with Crippen LogP contribution in [0.2, 0.25) is 0 Å². The second-order valence-corrected chi connectivity index (χ2v) is 12.3. The fraction of sp³-hybridized carbons (Fsp3) is 0.364. The molecule has 2 aliphatic rings. The predicted octanol–water partition coefficient (Wildman–Crippen LogP) is 5.95. The second kappa shape index (κ2) is 14.2. The first kappa shape index (κ1) is 33.5. The highest BCUT2D eigenvalue weighted by Gasteiger charge is 2.47. The van der Waals surface area contributed by atoms with Crippen molar-refractivity contribution in [1.29, 1.82) is 0 Å². The first-order valence-corrected chi connectivity index (χ1v) is 15.7. The zero-order valence-electron chi connectivity index (χ0n) is 24.8. The van der Waals surface area contributed by atoms with E-state index >= 15 is 0 Å². The number of ether oxygens (including phenoxy) is 2. The van der Waals surface area contributed by atoms with Gasteiger partial charge in [0.1, 0.15) is 6.04 Å². The highest BCUT2D eigenvalue weighted by atomic mass is 32.2. The molecule has 2 aliphatic heterocycles. The number of nitrogens with one attached hydrogen (secondary N) is 1. The summed E-state index contributed by atoms with van der Waals surface area (Å²) < 4.78 is 52.2. The lowest BCUT2D eigenvalue weighted by atomic mass is 9.91. The van der Waals surface area contributed by atoms with Crippen molar-refractivity contribution >= 4 is 35.2 Å². The molecule has 46 heavy (non-hydrogen) atoms. The SMILES string of the molecule is C[C@H]1[C@@H](CSc2ccc(C(=O)O)cc2)O[C@@H](c2cccc(NC(=O)[C@@H]3CCCN3C(=O)C(F)(F)F)c2)O[C@H]1c1ccc(CO)cc1. The zero-order valence-corrected chi connectivity index (χ0v) is 25.6. The average Bonchev–Trinajstić information content (AvgIpc) is 3.54. The molecule has 2 amide bonds. The van der Waals surface area contributed by atoms with Crippen LogP contribution in [-0.2, 0) is 25.7 Å². The number of carboxylic acid groups (broad SMARTS) is 1. The van der Waals surface area contributed by atoms with Crippen LogP contribution < -0.4 is 5.32 Å². The van der Waals surface area contributed by atoms with Gasteiger partial charge in [-0.05, 0) is 60.4 Å². The van der Waals surface area contributed by atoms with E-state index in [1.54, 1.807) is 36.4 Å². The number of benzene rings is 3. The Labute approximate surface area is 267 Å².